The SMILES string of the molecule is CCNC(=NCC1CCCN(CC)C1)NCCc1ccccc1.I. The lowest BCUT2D eigenvalue weighted by Gasteiger charge is -2.31. The second-order valence-corrected chi connectivity index (χ2v) is 6.28. The minimum atomic E-state index is 0. The largest absolute Gasteiger partial charge is 0.357 e. The van der Waals surface area contributed by atoms with Gasteiger partial charge in [-0.05, 0) is 50.8 Å². The van der Waals surface area contributed by atoms with E-state index >= 15 is 0 Å². The quantitative estimate of drug-likeness (QED) is 0.386. The molecule has 0 saturated carbocycles. The molecule has 0 amide bonds. The van der Waals surface area contributed by atoms with Gasteiger partial charge in [0.2, 0.25) is 0 Å². The van der Waals surface area contributed by atoms with Crippen LogP contribution in [-0.4, -0.2) is 50.1 Å². The van der Waals surface area contributed by atoms with Gasteiger partial charge in [0, 0.05) is 26.2 Å². The molecule has 1 aromatic carbocycles. The predicted octanol–water partition coefficient (Wildman–Crippen LogP) is 3.13. The predicted molar refractivity (Wildman–Crippen MR) is 114 cm³/mol. The Balaban J connectivity index is 0.00000288. The van der Waals surface area contributed by atoms with Gasteiger partial charge in [-0.3, -0.25) is 4.99 Å². The Morgan fingerprint density at radius 2 is 2.00 bits per heavy atom. The Hall–Kier alpha value is -0.820. The molecule has 1 aliphatic heterocycles. The first-order valence-electron chi connectivity index (χ1n) is 9.10. The molecule has 5 heteroatoms. The van der Waals surface area contributed by atoms with Crippen LogP contribution in [0.15, 0.2) is 35.3 Å². The third-order valence-electron chi connectivity index (χ3n) is 4.45. The Morgan fingerprint density at radius 3 is 2.71 bits per heavy atom. The maximum atomic E-state index is 4.80. The highest BCUT2D eigenvalue weighted by Gasteiger charge is 2.18. The molecule has 136 valence electrons. The summed E-state index contributed by atoms with van der Waals surface area (Å²) in [6.45, 7) is 10.7. The second kappa shape index (κ2) is 12.5. The first-order chi connectivity index (χ1) is 11.3. The molecule has 1 fully saturated rings. The number of nitrogens with one attached hydrogen (secondary N) is 2. The molecule has 2 N–H and O–H groups in total. The van der Waals surface area contributed by atoms with Gasteiger partial charge >= 0.3 is 0 Å². The number of likely N-dealkylation sites (tertiary alicyclic amines) is 1. The number of aliphatic imine (C=N–C) groups is 1. The van der Waals surface area contributed by atoms with Crippen molar-refractivity contribution < 1.29 is 0 Å². The fourth-order valence-electron chi connectivity index (χ4n) is 3.12. The molecular weight excluding hydrogens is 411 g/mol. The van der Waals surface area contributed by atoms with Crippen LogP contribution in [0, 0.1) is 5.92 Å². The molecule has 0 radical (unpaired) electrons. The molecule has 1 atom stereocenters. The number of piperidine rings is 1. The van der Waals surface area contributed by atoms with Crippen LogP contribution >= 0.6 is 24.0 Å². The molecule has 0 aromatic heterocycles. The Kier molecular flexibility index (Phi) is 11.1. The normalized spacial score (nSPS) is 18.8. The number of guanidine groups is 1. The van der Waals surface area contributed by atoms with Gasteiger partial charge in [-0.1, -0.05) is 37.3 Å². The summed E-state index contributed by atoms with van der Waals surface area (Å²) in [5, 5.41) is 6.82. The van der Waals surface area contributed by atoms with Gasteiger partial charge in [-0.25, -0.2) is 0 Å². The van der Waals surface area contributed by atoms with Crippen LogP contribution < -0.4 is 10.6 Å². The summed E-state index contributed by atoms with van der Waals surface area (Å²) in [7, 11) is 0. The molecule has 24 heavy (non-hydrogen) atoms. The van der Waals surface area contributed by atoms with Crippen LogP contribution in [0.4, 0.5) is 0 Å². The van der Waals surface area contributed by atoms with Gasteiger partial charge in [0.05, 0.1) is 0 Å². The van der Waals surface area contributed by atoms with E-state index in [-0.39, 0.29) is 24.0 Å². The minimum absolute atomic E-state index is 0. The Morgan fingerprint density at radius 1 is 1.21 bits per heavy atom. The van der Waals surface area contributed by atoms with E-state index in [0.29, 0.717) is 5.92 Å². The second-order valence-electron chi connectivity index (χ2n) is 6.28. The highest BCUT2D eigenvalue weighted by atomic mass is 127. The van der Waals surface area contributed by atoms with E-state index in [0.717, 1.165) is 38.6 Å². The lowest BCUT2D eigenvalue weighted by Crippen LogP contribution is -2.40. The van der Waals surface area contributed by atoms with Gasteiger partial charge in [-0.15, -0.1) is 24.0 Å². The topological polar surface area (TPSA) is 39.7 Å². The van der Waals surface area contributed by atoms with Crippen LogP contribution in [0.3, 0.4) is 0 Å². The van der Waals surface area contributed by atoms with Crippen LogP contribution in [0.1, 0.15) is 32.3 Å². The van der Waals surface area contributed by atoms with E-state index in [9.17, 15) is 0 Å². The van der Waals surface area contributed by atoms with Gasteiger partial charge in [0.1, 0.15) is 0 Å². The van der Waals surface area contributed by atoms with Crippen LogP contribution in [0.5, 0.6) is 0 Å². The zero-order valence-corrected chi connectivity index (χ0v) is 17.5. The van der Waals surface area contributed by atoms with Gasteiger partial charge in [0.15, 0.2) is 5.96 Å². The van der Waals surface area contributed by atoms with E-state index in [1.165, 1.54) is 31.5 Å². The first kappa shape index (κ1) is 21.2. The van der Waals surface area contributed by atoms with E-state index in [2.05, 4.69) is 59.7 Å². The summed E-state index contributed by atoms with van der Waals surface area (Å²) < 4.78 is 0. The molecular formula is C19H33IN4. The summed E-state index contributed by atoms with van der Waals surface area (Å²) in [5.41, 5.74) is 1.36. The Bertz CT molecular complexity index is 464. The number of rotatable bonds is 7. The maximum absolute atomic E-state index is 4.80. The van der Waals surface area contributed by atoms with E-state index in [4.69, 9.17) is 4.99 Å². The van der Waals surface area contributed by atoms with Crippen molar-refractivity contribution in [1.82, 2.24) is 15.5 Å². The summed E-state index contributed by atoms with van der Waals surface area (Å²) in [4.78, 5) is 7.35. The highest BCUT2D eigenvalue weighted by molar-refractivity contribution is 14.0. The smallest absolute Gasteiger partial charge is 0.191 e. The third kappa shape index (κ3) is 7.83. The zero-order chi connectivity index (χ0) is 16.3. The first-order valence-corrected chi connectivity index (χ1v) is 9.10. The molecule has 1 heterocycles. The summed E-state index contributed by atoms with van der Waals surface area (Å²) in [6, 6.07) is 10.6. The Labute approximate surface area is 164 Å². The molecule has 0 bridgehead atoms. The average molecular weight is 444 g/mol. The maximum Gasteiger partial charge on any atom is 0.191 e. The minimum Gasteiger partial charge on any atom is -0.357 e. The number of halogens is 1. The van der Waals surface area contributed by atoms with E-state index < -0.39 is 0 Å². The van der Waals surface area contributed by atoms with Crippen LogP contribution in [0.25, 0.3) is 0 Å². The zero-order valence-electron chi connectivity index (χ0n) is 15.1. The molecule has 4 nitrogen and oxygen atoms in total. The van der Waals surface area contributed by atoms with Crippen molar-refractivity contribution in [3.8, 4) is 0 Å². The highest BCUT2D eigenvalue weighted by Crippen LogP contribution is 2.16. The van der Waals surface area contributed by atoms with Crippen LogP contribution in [-0.2, 0) is 6.42 Å². The molecule has 1 aromatic rings. The lowest BCUT2D eigenvalue weighted by atomic mass is 9.98. The molecule has 1 saturated heterocycles. The van der Waals surface area contributed by atoms with Crippen molar-refractivity contribution in [2.24, 2.45) is 10.9 Å². The lowest BCUT2D eigenvalue weighted by molar-refractivity contribution is 0.186. The molecule has 0 aliphatic carbocycles. The van der Waals surface area contributed by atoms with Crippen molar-refractivity contribution in [2.75, 3.05) is 39.3 Å². The summed E-state index contributed by atoms with van der Waals surface area (Å²) >= 11 is 0. The monoisotopic (exact) mass is 444 g/mol. The number of benzene rings is 1. The average Bonchev–Trinajstić information content (AvgIpc) is 2.61. The fourth-order valence-corrected chi connectivity index (χ4v) is 3.12. The van der Waals surface area contributed by atoms with E-state index in [1.54, 1.807) is 0 Å². The van der Waals surface area contributed by atoms with Crippen molar-refractivity contribution in [1.29, 1.82) is 0 Å². The molecule has 1 unspecified atom stereocenters. The van der Waals surface area contributed by atoms with Crippen molar-refractivity contribution in [3.05, 3.63) is 35.9 Å². The van der Waals surface area contributed by atoms with Gasteiger partial charge < -0.3 is 15.5 Å². The standard InChI is InChI=1S/C19H32N4.HI/c1-3-20-19(21-13-12-17-9-6-5-7-10-17)22-15-18-11-8-14-23(4-2)16-18;/h5-7,9-10,18H,3-4,8,11-16H2,1-2H3,(H2,20,21,22);1H. The van der Waals surface area contributed by atoms with Crippen LogP contribution in [0.2, 0.25) is 0 Å². The van der Waals surface area contributed by atoms with Crippen molar-refractivity contribution in [2.45, 2.75) is 33.1 Å². The third-order valence-corrected chi connectivity index (χ3v) is 4.45. The molecule has 1 aliphatic rings. The molecule has 0 spiro atoms. The summed E-state index contributed by atoms with van der Waals surface area (Å²) in [5.74, 6) is 1.66. The number of nitrogens with zero attached hydrogens (tertiary/aromatic N) is 2. The fraction of sp³-hybridized carbons (Fsp3) is 0.632. The van der Waals surface area contributed by atoms with Gasteiger partial charge in [-0.2, -0.15) is 0 Å². The van der Waals surface area contributed by atoms with Gasteiger partial charge in [0.25, 0.3) is 0 Å². The van der Waals surface area contributed by atoms with Crippen molar-refractivity contribution >= 4 is 29.9 Å². The number of hydrogen-bond donors (Lipinski definition) is 2. The molecule has 2 rings (SSSR count). The summed E-state index contributed by atoms with van der Waals surface area (Å²) in [6.07, 6.45) is 3.65. The van der Waals surface area contributed by atoms with E-state index in [1.807, 2.05) is 0 Å². The van der Waals surface area contributed by atoms with Crippen molar-refractivity contribution in [3.63, 3.8) is 0 Å². The number of hydrogen-bond acceptors (Lipinski definition) is 2.